The van der Waals surface area contributed by atoms with Crippen LogP contribution < -0.4 is 5.32 Å². The summed E-state index contributed by atoms with van der Waals surface area (Å²) in [5.74, 6) is 1.98. The minimum atomic E-state index is 0.156. The first-order valence-electron chi connectivity index (χ1n) is 6.26. The molecule has 5 heteroatoms. The summed E-state index contributed by atoms with van der Waals surface area (Å²) in [5, 5.41) is 15.7. The van der Waals surface area contributed by atoms with Crippen LogP contribution in [-0.4, -0.2) is 32.3 Å². The number of nitrogens with one attached hydrogen (secondary N) is 1. The number of nitrogens with zero attached hydrogens (tertiary/aromatic N) is 4. The molecule has 1 aromatic heterocycles. The lowest BCUT2D eigenvalue weighted by molar-refractivity contribution is 0.308. The number of hydrogen-bond donors (Lipinski definition) is 1. The third-order valence-electron chi connectivity index (χ3n) is 2.83. The SMILES string of the molecule is CC(C)C(CNC(C)(C)C)Cc1nnn(C)n1. The molecule has 1 rings (SSSR count). The molecule has 1 heterocycles. The fourth-order valence-corrected chi connectivity index (χ4v) is 1.62. The molecule has 0 saturated heterocycles. The van der Waals surface area contributed by atoms with Gasteiger partial charge in [-0.2, -0.15) is 4.80 Å². The maximum Gasteiger partial charge on any atom is 0.175 e. The monoisotopic (exact) mass is 239 g/mol. The van der Waals surface area contributed by atoms with Crippen molar-refractivity contribution in [2.24, 2.45) is 18.9 Å². The van der Waals surface area contributed by atoms with Gasteiger partial charge in [-0.3, -0.25) is 0 Å². The number of tetrazole rings is 1. The molecule has 0 saturated carbocycles. The molecular weight excluding hydrogens is 214 g/mol. The normalized spacial score (nSPS) is 14.3. The van der Waals surface area contributed by atoms with Crippen LogP contribution in [0.1, 0.15) is 40.4 Å². The highest BCUT2D eigenvalue weighted by molar-refractivity contribution is 4.84. The Morgan fingerprint density at radius 3 is 2.35 bits per heavy atom. The Morgan fingerprint density at radius 1 is 1.29 bits per heavy atom. The van der Waals surface area contributed by atoms with Gasteiger partial charge in [0.25, 0.3) is 0 Å². The Kier molecular flexibility index (Phi) is 4.62. The van der Waals surface area contributed by atoms with E-state index in [1.165, 1.54) is 4.80 Å². The first kappa shape index (κ1) is 14.1. The van der Waals surface area contributed by atoms with Gasteiger partial charge in [-0.05, 0) is 44.4 Å². The highest BCUT2D eigenvalue weighted by atomic mass is 15.6. The number of aromatic nitrogens is 4. The molecule has 0 spiro atoms. The molecule has 0 fully saturated rings. The third kappa shape index (κ3) is 5.26. The molecule has 17 heavy (non-hydrogen) atoms. The summed E-state index contributed by atoms with van der Waals surface area (Å²) in [7, 11) is 1.80. The molecule has 0 aliphatic rings. The quantitative estimate of drug-likeness (QED) is 0.844. The van der Waals surface area contributed by atoms with Gasteiger partial charge in [-0.15, -0.1) is 10.2 Å². The van der Waals surface area contributed by atoms with Crippen LogP contribution in [0.4, 0.5) is 0 Å². The summed E-state index contributed by atoms with van der Waals surface area (Å²) in [6.45, 7) is 12.0. The molecule has 1 N–H and O–H groups in total. The highest BCUT2D eigenvalue weighted by Crippen LogP contribution is 2.15. The lowest BCUT2D eigenvalue weighted by Crippen LogP contribution is -2.40. The molecule has 0 aromatic carbocycles. The smallest absolute Gasteiger partial charge is 0.175 e. The van der Waals surface area contributed by atoms with Gasteiger partial charge in [-0.25, -0.2) is 0 Å². The van der Waals surface area contributed by atoms with Crippen LogP contribution in [0.2, 0.25) is 0 Å². The zero-order valence-corrected chi connectivity index (χ0v) is 11.9. The molecule has 1 unspecified atom stereocenters. The van der Waals surface area contributed by atoms with Crippen LogP contribution in [0.5, 0.6) is 0 Å². The Labute approximate surface area is 104 Å². The van der Waals surface area contributed by atoms with Crippen LogP contribution in [0.3, 0.4) is 0 Å². The first-order chi connectivity index (χ1) is 7.78. The van der Waals surface area contributed by atoms with Crippen molar-refractivity contribution >= 4 is 0 Å². The Morgan fingerprint density at radius 2 is 1.94 bits per heavy atom. The van der Waals surface area contributed by atoms with Crippen molar-refractivity contribution in [3.05, 3.63) is 5.82 Å². The van der Waals surface area contributed by atoms with Crippen LogP contribution >= 0.6 is 0 Å². The molecular formula is C12H25N5. The van der Waals surface area contributed by atoms with Crippen molar-refractivity contribution in [3.63, 3.8) is 0 Å². The summed E-state index contributed by atoms with van der Waals surface area (Å²) in [5.41, 5.74) is 0.156. The van der Waals surface area contributed by atoms with E-state index in [2.05, 4.69) is 55.3 Å². The van der Waals surface area contributed by atoms with Crippen LogP contribution in [-0.2, 0) is 13.5 Å². The van der Waals surface area contributed by atoms with Gasteiger partial charge in [0.15, 0.2) is 5.82 Å². The number of rotatable bonds is 5. The Bertz CT molecular complexity index is 337. The highest BCUT2D eigenvalue weighted by Gasteiger charge is 2.19. The Hall–Kier alpha value is -0.970. The average molecular weight is 239 g/mol. The molecule has 1 aromatic rings. The second-order valence-electron chi connectivity index (χ2n) is 6.03. The van der Waals surface area contributed by atoms with E-state index in [9.17, 15) is 0 Å². The van der Waals surface area contributed by atoms with E-state index in [0.717, 1.165) is 18.8 Å². The summed E-state index contributed by atoms with van der Waals surface area (Å²) < 4.78 is 0. The van der Waals surface area contributed by atoms with E-state index < -0.39 is 0 Å². The fraction of sp³-hybridized carbons (Fsp3) is 0.917. The minimum absolute atomic E-state index is 0.156. The number of aryl methyl sites for hydroxylation is 1. The van der Waals surface area contributed by atoms with Gasteiger partial charge >= 0.3 is 0 Å². The average Bonchev–Trinajstić information content (AvgIpc) is 2.56. The van der Waals surface area contributed by atoms with Crippen molar-refractivity contribution in [1.29, 1.82) is 0 Å². The van der Waals surface area contributed by atoms with Crippen molar-refractivity contribution < 1.29 is 0 Å². The maximum atomic E-state index is 4.24. The van der Waals surface area contributed by atoms with Gasteiger partial charge in [0, 0.05) is 12.0 Å². The molecule has 0 bridgehead atoms. The minimum Gasteiger partial charge on any atom is -0.312 e. The van der Waals surface area contributed by atoms with Gasteiger partial charge in [0.1, 0.15) is 0 Å². The predicted molar refractivity (Wildman–Crippen MR) is 68.6 cm³/mol. The zero-order chi connectivity index (χ0) is 13.1. The van der Waals surface area contributed by atoms with Gasteiger partial charge < -0.3 is 5.32 Å². The molecule has 0 aliphatic carbocycles. The van der Waals surface area contributed by atoms with E-state index >= 15 is 0 Å². The van der Waals surface area contributed by atoms with E-state index in [0.29, 0.717) is 11.8 Å². The van der Waals surface area contributed by atoms with Crippen molar-refractivity contribution in [2.75, 3.05) is 6.54 Å². The van der Waals surface area contributed by atoms with Crippen LogP contribution in [0, 0.1) is 11.8 Å². The van der Waals surface area contributed by atoms with Gasteiger partial charge in [0.2, 0.25) is 0 Å². The summed E-state index contributed by atoms with van der Waals surface area (Å²) in [4.78, 5) is 1.52. The van der Waals surface area contributed by atoms with Crippen molar-refractivity contribution in [2.45, 2.75) is 46.6 Å². The molecule has 0 amide bonds. The number of hydrogen-bond acceptors (Lipinski definition) is 4. The maximum absolute atomic E-state index is 4.24. The van der Waals surface area contributed by atoms with E-state index in [4.69, 9.17) is 0 Å². The third-order valence-corrected chi connectivity index (χ3v) is 2.83. The second kappa shape index (κ2) is 5.58. The zero-order valence-electron chi connectivity index (χ0n) is 11.9. The van der Waals surface area contributed by atoms with E-state index in [1.807, 2.05) is 0 Å². The van der Waals surface area contributed by atoms with Crippen molar-refractivity contribution in [3.8, 4) is 0 Å². The lowest BCUT2D eigenvalue weighted by Gasteiger charge is -2.26. The van der Waals surface area contributed by atoms with E-state index in [-0.39, 0.29) is 5.54 Å². The largest absolute Gasteiger partial charge is 0.312 e. The lowest BCUT2D eigenvalue weighted by atomic mass is 9.91. The standard InChI is InChI=1S/C12H25N5/c1-9(2)10(8-13-12(3,4)5)7-11-14-16-17(6)15-11/h9-10,13H,7-8H2,1-6H3. The second-order valence-corrected chi connectivity index (χ2v) is 6.03. The van der Waals surface area contributed by atoms with Gasteiger partial charge in [0.05, 0.1) is 7.05 Å². The predicted octanol–water partition coefficient (Wildman–Crippen LogP) is 1.41. The van der Waals surface area contributed by atoms with Gasteiger partial charge in [-0.1, -0.05) is 13.8 Å². The molecule has 5 nitrogen and oxygen atoms in total. The van der Waals surface area contributed by atoms with Crippen LogP contribution in [0.25, 0.3) is 0 Å². The molecule has 0 radical (unpaired) electrons. The molecule has 0 aliphatic heterocycles. The first-order valence-corrected chi connectivity index (χ1v) is 6.26. The summed E-state index contributed by atoms with van der Waals surface area (Å²) >= 11 is 0. The molecule has 98 valence electrons. The topological polar surface area (TPSA) is 55.6 Å². The Balaban J connectivity index is 2.55. The van der Waals surface area contributed by atoms with E-state index in [1.54, 1.807) is 7.05 Å². The van der Waals surface area contributed by atoms with Crippen molar-refractivity contribution in [1.82, 2.24) is 25.5 Å². The summed E-state index contributed by atoms with van der Waals surface area (Å²) in [6.07, 6.45) is 0.884. The summed E-state index contributed by atoms with van der Waals surface area (Å²) in [6, 6.07) is 0. The fourth-order valence-electron chi connectivity index (χ4n) is 1.62. The molecule has 1 atom stereocenters. The van der Waals surface area contributed by atoms with Crippen LogP contribution in [0.15, 0.2) is 0 Å².